The number of aryl methyl sites for hydroxylation is 2. The van der Waals surface area contributed by atoms with Crippen LogP contribution in [0, 0.1) is 0 Å². The molecule has 1 amide bonds. The molecule has 1 aromatic carbocycles. The summed E-state index contributed by atoms with van der Waals surface area (Å²) in [6.07, 6.45) is 10.6. The Bertz CT molecular complexity index is 1120. The maximum atomic E-state index is 13.2. The van der Waals surface area contributed by atoms with E-state index in [-0.39, 0.29) is 24.1 Å². The number of nitrogens with one attached hydrogen (secondary N) is 1. The molecule has 6 heteroatoms. The van der Waals surface area contributed by atoms with Gasteiger partial charge in [-0.25, -0.2) is 4.98 Å². The lowest BCUT2D eigenvalue weighted by Crippen LogP contribution is -2.37. The molecule has 2 aliphatic rings. The van der Waals surface area contributed by atoms with Crippen LogP contribution in [0.15, 0.2) is 34.7 Å². The molecular formula is C23H25N3O2S. The van der Waals surface area contributed by atoms with Crippen molar-refractivity contribution in [1.29, 1.82) is 0 Å². The van der Waals surface area contributed by atoms with Gasteiger partial charge in [0.05, 0.1) is 11.7 Å². The second kappa shape index (κ2) is 7.75. The maximum Gasteiger partial charge on any atom is 0.263 e. The van der Waals surface area contributed by atoms with Crippen molar-refractivity contribution in [2.75, 3.05) is 0 Å². The first-order valence-corrected chi connectivity index (χ1v) is 11.5. The van der Waals surface area contributed by atoms with E-state index in [1.807, 2.05) is 5.38 Å². The molecule has 1 saturated carbocycles. The fraction of sp³-hybridized carbons (Fsp3) is 0.435. The molecule has 5 nitrogen and oxygen atoms in total. The summed E-state index contributed by atoms with van der Waals surface area (Å²) in [6.45, 7) is 0.0255. The summed E-state index contributed by atoms with van der Waals surface area (Å²) in [5, 5.41) is 5.70. The molecule has 0 aliphatic heterocycles. The van der Waals surface area contributed by atoms with Gasteiger partial charge in [0.2, 0.25) is 5.91 Å². The minimum atomic E-state index is -0.134. The second-order valence-electron chi connectivity index (χ2n) is 8.25. The quantitative estimate of drug-likeness (QED) is 0.709. The first-order valence-electron chi connectivity index (χ1n) is 10.6. The smallest absolute Gasteiger partial charge is 0.263 e. The van der Waals surface area contributed by atoms with E-state index in [0.717, 1.165) is 54.5 Å². The Labute approximate surface area is 173 Å². The molecule has 2 aliphatic carbocycles. The van der Waals surface area contributed by atoms with Crippen molar-refractivity contribution in [1.82, 2.24) is 14.9 Å². The Morgan fingerprint density at radius 3 is 2.76 bits per heavy atom. The van der Waals surface area contributed by atoms with Crippen LogP contribution < -0.4 is 10.9 Å². The number of amides is 1. The van der Waals surface area contributed by atoms with Crippen molar-refractivity contribution < 1.29 is 4.79 Å². The number of thiophene rings is 1. The molecule has 0 unspecified atom stereocenters. The molecule has 0 bridgehead atoms. The van der Waals surface area contributed by atoms with Gasteiger partial charge in [-0.3, -0.25) is 14.2 Å². The highest BCUT2D eigenvalue weighted by molar-refractivity contribution is 7.17. The molecule has 0 radical (unpaired) electrons. The van der Waals surface area contributed by atoms with E-state index < -0.39 is 0 Å². The van der Waals surface area contributed by atoms with Gasteiger partial charge < -0.3 is 5.32 Å². The standard InChI is InChI=1S/C23H25N3O2S/c27-20(25-18-7-3-4-8-18)12-26-14-24-22-21(23(26)28)19(13-29-22)17-10-9-15-5-1-2-6-16(15)11-17/h9-11,13-14,18H,1-8,12H2,(H,25,27). The van der Waals surface area contributed by atoms with E-state index >= 15 is 0 Å². The SMILES string of the molecule is O=C(Cn1cnc2scc(-c3ccc4c(c3)CCCC4)c2c1=O)NC1CCCC1. The molecule has 29 heavy (non-hydrogen) atoms. The average Bonchev–Trinajstić information content (AvgIpc) is 3.40. The molecule has 1 N–H and O–H groups in total. The van der Waals surface area contributed by atoms with Crippen LogP contribution in [0.4, 0.5) is 0 Å². The van der Waals surface area contributed by atoms with Gasteiger partial charge in [-0.1, -0.05) is 31.0 Å². The third kappa shape index (κ3) is 3.62. The molecule has 0 atom stereocenters. The molecule has 0 spiro atoms. The predicted octanol–water partition coefficient (Wildman–Crippen LogP) is 4.06. The molecule has 3 aromatic rings. The summed E-state index contributed by atoms with van der Waals surface area (Å²) in [5.74, 6) is -0.106. The molecule has 0 saturated heterocycles. The predicted molar refractivity (Wildman–Crippen MR) is 116 cm³/mol. The van der Waals surface area contributed by atoms with Gasteiger partial charge in [0.15, 0.2) is 0 Å². The molecule has 5 rings (SSSR count). The van der Waals surface area contributed by atoms with Crippen molar-refractivity contribution in [2.45, 2.75) is 64.0 Å². The number of carbonyl (C=O) groups is 1. The van der Waals surface area contributed by atoms with Crippen molar-refractivity contribution in [2.24, 2.45) is 0 Å². The normalized spacial score (nSPS) is 16.8. The Morgan fingerprint density at radius 1 is 1.14 bits per heavy atom. The number of rotatable bonds is 4. The third-order valence-corrected chi connectivity index (χ3v) is 7.14. The van der Waals surface area contributed by atoms with Gasteiger partial charge in [0, 0.05) is 17.0 Å². The highest BCUT2D eigenvalue weighted by Gasteiger charge is 2.19. The fourth-order valence-electron chi connectivity index (χ4n) is 4.69. The van der Waals surface area contributed by atoms with Crippen LogP contribution in [-0.4, -0.2) is 21.5 Å². The topological polar surface area (TPSA) is 64.0 Å². The number of carbonyl (C=O) groups excluding carboxylic acids is 1. The molecule has 1 fully saturated rings. The van der Waals surface area contributed by atoms with Gasteiger partial charge in [-0.15, -0.1) is 11.3 Å². The summed E-state index contributed by atoms with van der Waals surface area (Å²) in [6, 6.07) is 6.81. The van der Waals surface area contributed by atoms with Gasteiger partial charge in [-0.2, -0.15) is 0 Å². The van der Waals surface area contributed by atoms with Crippen LogP contribution in [-0.2, 0) is 24.2 Å². The zero-order valence-electron chi connectivity index (χ0n) is 16.4. The van der Waals surface area contributed by atoms with Crippen LogP contribution in [0.5, 0.6) is 0 Å². The number of fused-ring (bicyclic) bond motifs is 2. The monoisotopic (exact) mass is 407 g/mol. The van der Waals surface area contributed by atoms with Crippen molar-refractivity contribution in [3.8, 4) is 11.1 Å². The summed E-state index contributed by atoms with van der Waals surface area (Å²) < 4.78 is 1.45. The number of aromatic nitrogens is 2. The minimum absolute atomic E-state index is 0.0255. The Hall–Kier alpha value is -2.47. The van der Waals surface area contributed by atoms with Crippen molar-refractivity contribution in [3.05, 3.63) is 51.4 Å². The fourth-order valence-corrected chi connectivity index (χ4v) is 5.60. The molecular weight excluding hydrogens is 382 g/mol. The van der Waals surface area contributed by atoms with Crippen LogP contribution in [0.3, 0.4) is 0 Å². The maximum absolute atomic E-state index is 13.2. The van der Waals surface area contributed by atoms with Crippen molar-refractivity contribution in [3.63, 3.8) is 0 Å². The lowest BCUT2D eigenvalue weighted by atomic mass is 9.89. The Kier molecular flexibility index (Phi) is 4.96. The van der Waals surface area contributed by atoms with E-state index in [2.05, 4.69) is 28.5 Å². The highest BCUT2D eigenvalue weighted by atomic mass is 32.1. The summed E-state index contributed by atoms with van der Waals surface area (Å²) >= 11 is 1.49. The molecule has 2 heterocycles. The second-order valence-corrected chi connectivity index (χ2v) is 9.10. The first kappa shape index (κ1) is 18.6. The Balaban J connectivity index is 1.47. The number of nitrogens with zero attached hydrogens (tertiary/aromatic N) is 2. The number of hydrogen-bond donors (Lipinski definition) is 1. The number of hydrogen-bond acceptors (Lipinski definition) is 4. The van der Waals surface area contributed by atoms with Gasteiger partial charge >= 0.3 is 0 Å². The first-order chi connectivity index (χ1) is 14.2. The van der Waals surface area contributed by atoms with Gasteiger partial charge in [-0.05, 0) is 55.2 Å². The van der Waals surface area contributed by atoms with Crippen molar-refractivity contribution >= 4 is 27.5 Å². The summed E-state index contributed by atoms with van der Waals surface area (Å²) in [5.41, 5.74) is 4.70. The van der Waals surface area contributed by atoms with Crippen LogP contribution in [0.25, 0.3) is 21.3 Å². The summed E-state index contributed by atoms with van der Waals surface area (Å²) in [4.78, 5) is 30.8. The summed E-state index contributed by atoms with van der Waals surface area (Å²) in [7, 11) is 0. The van der Waals surface area contributed by atoms with Crippen LogP contribution in [0.1, 0.15) is 49.7 Å². The number of benzene rings is 1. The van der Waals surface area contributed by atoms with E-state index in [4.69, 9.17) is 0 Å². The van der Waals surface area contributed by atoms with E-state index in [1.54, 1.807) is 0 Å². The molecule has 2 aromatic heterocycles. The minimum Gasteiger partial charge on any atom is -0.352 e. The zero-order valence-corrected chi connectivity index (χ0v) is 17.3. The lowest BCUT2D eigenvalue weighted by Gasteiger charge is -2.16. The van der Waals surface area contributed by atoms with E-state index in [0.29, 0.717) is 5.39 Å². The molecule has 150 valence electrons. The largest absolute Gasteiger partial charge is 0.352 e. The van der Waals surface area contributed by atoms with E-state index in [1.165, 1.54) is 46.2 Å². The van der Waals surface area contributed by atoms with Gasteiger partial charge in [0.1, 0.15) is 11.4 Å². The highest BCUT2D eigenvalue weighted by Crippen LogP contribution is 2.33. The average molecular weight is 408 g/mol. The lowest BCUT2D eigenvalue weighted by molar-refractivity contribution is -0.122. The van der Waals surface area contributed by atoms with Gasteiger partial charge in [0.25, 0.3) is 5.56 Å². The third-order valence-electron chi connectivity index (χ3n) is 6.25. The Morgan fingerprint density at radius 2 is 1.93 bits per heavy atom. The van der Waals surface area contributed by atoms with Crippen LogP contribution >= 0.6 is 11.3 Å². The van der Waals surface area contributed by atoms with Crippen LogP contribution in [0.2, 0.25) is 0 Å². The zero-order chi connectivity index (χ0) is 19.8. The van der Waals surface area contributed by atoms with E-state index in [9.17, 15) is 9.59 Å².